The fourth-order valence-electron chi connectivity index (χ4n) is 2.17. The molecule has 94 valence electrons. The van der Waals surface area contributed by atoms with E-state index in [1.54, 1.807) is 6.33 Å². The summed E-state index contributed by atoms with van der Waals surface area (Å²) in [6.07, 6.45) is 4.74. The number of halogens is 1. The number of aromatic nitrogens is 2. The second-order valence-electron chi connectivity index (χ2n) is 4.47. The Morgan fingerprint density at radius 1 is 1.35 bits per heavy atom. The molecule has 2 heterocycles. The van der Waals surface area contributed by atoms with Gasteiger partial charge in [0.05, 0.1) is 3.57 Å². The summed E-state index contributed by atoms with van der Waals surface area (Å²) in [5.74, 6) is 1.09. The topological polar surface area (TPSA) is 32.3 Å². The first-order valence-electron chi connectivity index (χ1n) is 6.17. The van der Waals surface area contributed by atoms with Crippen LogP contribution in [-0.2, 0) is 0 Å². The molecule has 1 unspecified atom stereocenters. The van der Waals surface area contributed by atoms with Crippen LogP contribution >= 0.6 is 22.6 Å². The van der Waals surface area contributed by atoms with Crippen LogP contribution in [0.25, 0.3) is 0 Å². The van der Waals surface area contributed by atoms with Crippen LogP contribution < -0.4 is 4.90 Å². The predicted octanol–water partition coefficient (Wildman–Crippen LogP) is 2.00. The van der Waals surface area contributed by atoms with Gasteiger partial charge >= 0.3 is 0 Å². The molecule has 1 fully saturated rings. The van der Waals surface area contributed by atoms with E-state index in [1.807, 2.05) is 6.20 Å². The molecule has 0 radical (unpaired) electrons. The molecule has 1 aromatic heterocycles. The Balaban J connectivity index is 1.98. The maximum atomic E-state index is 4.38. The van der Waals surface area contributed by atoms with Gasteiger partial charge in [-0.3, -0.25) is 4.90 Å². The van der Waals surface area contributed by atoms with Crippen molar-refractivity contribution in [2.45, 2.75) is 26.3 Å². The highest BCUT2D eigenvalue weighted by molar-refractivity contribution is 14.1. The van der Waals surface area contributed by atoms with Gasteiger partial charge in [-0.25, -0.2) is 9.97 Å². The number of rotatable bonds is 3. The molecule has 1 aliphatic rings. The van der Waals surface area contributed by atoms with E-state index >= 15 is 0 Å². The third-order valence-corrected chi connectivity index (χ3v) is 4.24. The Labute approximate surface area is 117 Å². The summed E-state index contributed by atoms with van der Waals surface area (Å²) >= 11 is 2.31. The van der Waals surface area contributed by atoms with Crippen LogP contribution in [0.5, 0.6) is 0 Å². The van der Waals surface area contributed by atoms with Gasteiger partial charge in [0.1, 0.15) is 12.1 Å². The molecular weight excluding hydrogens is 327 g/mol. The Morgan fingerprint density at radius 2 is 2.06 bits per heavy atom. The first-order valence-corrected chi connectivity index (χ1v) is 7.24. The fraction of sp³-hybridized carbons (Fsp3) is 0.667. The second kappa shape index (κ2) is 5.95. The summed E-state index contributed by atoms with van der Waals surface area (Å²) < 4.78 is 1.14. The van der Waals surface area contributed by atoms with Gasteiger partial charge in [0, 0.05) is 38.4 Å². The fourth-order valence-corrected chi connectivity index (χ4v) is 2.81. The Bertz CT molecular complexity index is 363. The van der Waals surface area contributed by atoms with Crippen molar-refractivity contribution in [3.63, 3.8) is 0 Å². The van der Waals surface area contributed by atoms with Crippen molar-refractivity contribution < 1.29 is 0 Å². The number of piperazine rings is 1. The van der Waals surface area contributed by atoms with Gasteiger partial charge in [0.25, 0.3) is 0 Å². The molecule has 0 saturated carbocycles. The summed E-state index contributed by atoms with van der Waals surface area (Å²) in [4.78, 5) is 13.3. The molecule has 1 aliphatic heterocycles. The van der Waals surface area contributed by atoms with E-state index in [9.17, 15) is 0 Å². The zero-order valence-corrected chi connectivity index (χ0v) is 12.6. The number of hydrogen-bond acceptors (Lipinski definition) is 4. The summed E-state index contributed by atoms with van der Waals surface area (Å²) in [5, 5.41) is 0. The maximum absolute atomic E-state index is 4.38. The maximum Gasteiger partial charge on any atom is 0.145 e. The molecule has 0 N–H and O–H groups in total. The van der Waals surface area contributed by atoms with Crippen molar-refractivity contribution in [2.24, 2.45) is 0 Å². The van der Waals surface area contributed by atoms with Gasteiger partial charge in [0.2, 0.25) is 0 Å². The molecule has 0 amide bonds. The first-order chi connectivity index (χ1) is 8.22. The average Bonchev–Trinajstić information content (AvgIpc) is 2.39. The lowest BCUT2D eigenvalue weighted by Crippen LogP contribution is -2.49. The average molecular weight is 346 g/mol. The third kappa shape index (κ3) is 3.07. The highest BCUT2D eigenvalue weighted by Crippen LogP contribution is 2.20. The van der Waals surface area contributed by atoms with E-state index in [1.165, 1.54) is 6.42 Å². The van der Waals surface area contributed by atoms with E-state index in [-0.39, 0.29) is 0 Å². The van der Waals surface area contributed by atoms with Crippen molar-refractivity contribution in [3.05, 3.63) is 16.1 Å². The third-order valence-electron chi connectivity index (χ3n) is 3.48. The number of anilines is 1. The standard InChI is InChI=1S/C12H19IN4/c1-3-10(2)16-4-6-17(7-5-16)12-11(13)8-14-9-15-12/h8-10H,3-7H2,1-2H3. The van der Waals surface area contributed by atoms with Crippen LogP contribution in [-0.4, -0.2) is 47.1 Å². The minimum Gasteiger partial charge on any atom is -0.353 e. The highest BCUT2D eigenvalue weighted by Gasteiger charge is 2.21. The van der Waals surface area contributed by atoms with E-state index in [2.05, 4.69) is 56.2 Å². The molecule has 0 aromatic carbocycles. The lowest BCUT2D eigenvalue weighted by molar-refractivity contribution is 0.192. The Hall–Kier alpha value is -0.430. The van der Waals surface area contributed by atoms with E-state index < -0.39 is 0 Å². The van der Waals surface area contributed by atoms with Crippen molar-refractivity contribution >= 4 is 28.4 Å². The van der Waals surface area contributed by atoms with Gasteiger partial charge in [0.15, 0.2) is 0 Å². The molecule has 1 saturated heterocycles. The van der Waals surface area contributed by atoms with Gasteiger partial charge < -0.3 is 4.90 Å². The van der Waals surface area contributed by atoms with Gasteiger partial charge in [-0.1, -0.05) is 6.92 Å². The first kappa shape index (κ1) is 13.0. The quantitative estimate of drug-likeness (QED) is 0.784. The summed E-state index contributed by atoms with van der Waals surface area (Å²) in [7, 11) is 0. The lowest BCUT2D eigenvalue weighted by Gasteiger charge is -2.38. The molecule has 4 nitrogen and oxygen atoms in total. The van der Waals surface area contributed by atoms with E-state index in [0.29, 0.717) is 6.04 Å². The largest absolute Gasteiger partial charge is 0.353 e. The minimum atomic E-state index is 0.696. The van der Waals surface area contributed by atoms with Crippen molar-refractivity contribution in [2.75, 3.05) is 31.1 Å². The van der Waals surface area contributed by atoms with Crippen molar-refractivity contribution in [1.29, 1.82) is 0 Å². The molecule has 1 atom stereocenters. The summed E-state index contributed by atoms with van der Waals surface area (Å²) in [6, 6.07) is 0.696. The molecule has 17 heavy (non-hydrogen) atoms. The molecule has 2 rings (SSSR count). The zero-order valence-electron chi connectivity index (χ0n) is 10.4. The smallest absolute Gasteiger partial charge is 0.145 e. The molecule has 0 aliphatic carbocycles. The van der Waals surface area contributed by atoms with Crippen LogP contribution in [0.3, 0.4) is 0 Å². The molecule has 0 spiro atoms. The zero-order chi connectivity index (χ0) is 12.3. The van der Waals surface area contributed by atoms with Crippen LogP contribution in [0.1, 0.15) is 20.3 Å². The van der Waals surface area contributed by atoms with Gasteiger partial charge in [-0.15, -0.1) is 0 Å². The van der Waals surface area contributed by atoms with Crippen molar-refractivity contribution in [3.8, 4) is 0 Å². The molecular formula is C12H19IN4. The Kier molecular flexibility index (Phi) is 4.55. The molecule has 0 bridgehead atoms. The van der Waals surface area contributed by atoms with E-state index in [4.69, 9.17) is 0 Å². The molecule has 1 aromatic rings. The SMILES string of the molecule is CCC(C)N1CCN(c2ncncc2I)CC1. The highest BCUT2D eigenvalue weighted by atomic mass is 127. The second-order valence-corrected chi connectivity index (χ2v) is 5.64. The van der Waals surface area contributed by atoms with Crippen LogP contribution in [0.2, 0.25) is 0 Å². The monoisotopic (exact) mass is 346 g/mol. The normalized spacial score (nSPS) is 19.4. The van der Waals surface area contributed by atoms with Gasteiger partial charge in [-0.05, 0) is 35.9 Å². The Morgan fingerprint density at radius 3 is 2.65 bits per heavy atom. The summed E-state index contributed by atoms with van der Waals surface area (Å²) in [6.45, 7) is 8.97. The van der Waals surface area contributed by atoms with Crippen LogP contribution in [0.15, 0.2) is 12.5 Å². The number of hydrogen-bond donors (Lipinski definition) is 0. The van der Waals surface area contributed by atoms with Gasteiger partial charge in [-0.2, -0.15) is 0 Å². The van der Waals surface area contributed by atoms with Crippen LogP contribution in [0.4, 0.5) is 5.82 Å². The predicted molar refractivity (Wildman–Crippen MR) is 78.3 cm³/mol. The minimum absolute atomic E-state index is 0.696. The van der Waals surface area contributed by atoms with E-state index in [0.717, 1.165) is 35.6 Å². The molecule has 5 heteroatoms. The van der Waals surface area contributed by atoms with Crippen molar-refractivity contribution in [1.82, 2.24) is 14.9 Å². The lowest BCUT2D eigenvalue weighted by atomic mass is 10.2. The van der Waals surface area contributed by atoms with Crippen LogP contribution in [0, 0.1) is 3.57 Å². The summed E-state index contributed by atoms with van der Waals surface area (Å²) in [5.41, 5.74) is 0. The number of nitrogens with zero attached hydrogens (tertiary/aromatic N) is 4.